The Morgan fingerprint density at radius 2 is 2.38 bits per heavy atom. The third kappa shape index (κ3) is 5.17. The summed E-state index contributed by atoms with van der Waals surface area (Å²) in [5, 5.41) is 8.01. The minimum atomic E-state index is -0.918. The Morgan fingerprint density at radius 1 is 1.75 bits per heavy atom. The second-order valence-electron chi connectivity index (χ2n) is 1.32. The number of aliphatic carboxylic acids is 1. The highest BCUT2D eigenvalue weighted by atomic mass is 16.4. The lowest BCUT2D eigenvalue weighted by atomic mass is 10.4. The molecule has 0 aromatic rings. The smallest absolute Gasteiger partial charge is 0.327 e. The van der Waals surface area contributed by atoms with Gasteiger partial charge in [-0.1, -0.05) is 6.08 Å². The van der Waals surface area contributed by atoms with E-state index in [2.05, 4.69) is 0 Å². The first-order chi connectivity index (χ1) is 3.77. The van der Waals surface area contributed by atoms with Crippen molar-refractivity contribution >= 4 is 5.97 Å². The quantitative estimate of drug-likeness (QED) is 0.508. The van der Waals surface area contributed by atoms with E-state index in [1.54, 1.807) is 0 Å². The van der Waals surface area contributed by atoms with Gasteiger partial charge in [0.2, 0.25) is 0 Å². The fraction of sp³-hybridized carbons (Fsp3) is 0.400. The van der Waals surface area contributed by atoms with Crippen LogP contribution in [0.5, 0.6) is 0 Å². The number of carbonyl (C=O) groups is 1. The van der Waals surface area contributed by atoms with Gasteiger partial charge in [-0.3, -0.25) is 0 Å². The van der Waals surface area contributed by atoms with Crippen molar-refractivity contribution in [2.75, 3.05) is 6.54 Å². The van der Waals surface area contributed by atoms with E-state index < -0.39 is 5.97 Å². The number of carboxylic acid groups (broad SMARTS) is 1. The van der Waals surface area contributed by atoms with E-state index in [9.17, 15) is 4.79 Å². The average molecular weight is 115 g/mol. The van der Waals surface area contributed by atoms with Gasteiger partial charge >= 0.3 is 5.97 Å². The van der Waals surface area contributed by atoms with E-state index in [4.69, 9.17) is 10.8 Å². The second kappa shape index (κ2) is 4.33. The summed E-state index contributed by atoms with van der Waals surface area (Å²) in [4.78, 5) is 9.75. The summed E-state index contributed by atoms with van der Waals surface area (Å²) in [6.45, 7) is 0.504. The van der Waals surface area contributed by atoms with Crippen molar-refractivity contribution in [1.82, 2.24) is 0 Å². The van der Waals surface area contributed by atoms with Crippen LogP contribution >= 0.6 is 0 Å². The molecule has 0 radical (unpaired) electrons. The molecule has 3 nitrogen and oxygen atoms in total. The van der Waals surface area contributed by atoms with Crippen LogP contribution in [0, 0.1) is 0 Å². The van der Waals surface area contributed by atoms with Crippen molar-refractivity contribution in [2.24, 2.45) is 5.73 Å². The van der Waals surface area contributed by atoms with Crippen molar-refractivity contribution < 1.29 is 9.90 Å². The van der Waals surface area contributed by atoms with Gasteiger partial charge in [0.05, 0.1) is 0 Å². The Hall–Kier alpha value is -0.830. The molecule has 0 saturated heterocycles. The number of hydrogen-bond acceptors (Lipinski definition) is 2. The molecule has 0 amide bonds. The zero-order chi connectivity index (χ0) is 6.41. The molecule has 0 aliphatic carbocycles. The zero-order valence-corrected chi connectivity index (χ0v) is 4.50. The van der Waals surface area contributed by atoms with Crippen molar-refractivity contribution in [3.05, 3.63) is 12.2 Å². The number of hydrogen-bond donors (Lipinski definition) is 2. The highest BCUT2D eigenvalue weighted by Crippen LogP contribution is 1.77. The molecular formula is C5H9NO2. The average Bonchev–Trinajstić information content (AvgIpc) is 1.66. The molecule has 0 rings (SSSR count). The normalized spacial score (nSPS) is 10.1. The summed E-state index contributed by atoms with van der Waals surface area (Å²) in [7, 11) is 0. The maximum absolute atomic E-state index is 9.75. The van der Waals surface area contributed by atoms with Gasteiger partial charge in [0, 0.05) is 6.08 Å². The van der Waals surface area contributed by atoms with Gasteiger partial charge in [0.15, 0.2) is 0 Å². The van der Waals surface area contributed by atoms with Crippen LogP contribution in [0.4, 0.5) is 0 Å². The van der Waals surface area contributed by atoms with E-state index in [1.807, 2.05) is 0 Å². The lowest BCUT2D eigenvalue weighted by molar-refractivity contribution is -0.131. The van der Waals surface area contributed by atoms with Crippen LogP contribution in [0.25, 0.3) is 0 Å². The van der Waals surface area contributed by atoms with Gasteiger partial charge in [-0.05, 0) is 13.0 Å². The van der Waals surface area contributed by atoms with Crippen molar-refractivity contribution in [2.45, 2.75) is 6.42 Å². The molecular weight excluding hydrogens is 106 g/mol. The Morgan fingerprint density at radius 3 is 2.75 bits per heavy atom. The Labute approximate surface area is 47.8 Å². The first-order valence-electron chi connectivity index (χ1n) is 2.37. The summed E-state index contributed by atoms with van der Waals surface area (Å²) >= 11 is 0. The minimum Gasteiger partial charge on any atom is -0.478 e. The molecule has 0 heterocycles. The van der Waals surface area contributed by atoms with Gasteiger partial charge in [-0.2, -0.15) is 0 Å². The first kappa shape index (κ1) is 7.17. The molecule has 0 bridgehead atoms. The summed E-state index contributed by atoms with van der Waals surface area (Å²) in [6, 6.07) is 0. The molecule has 3 heteroatoms. The Kier molecular flexibility index (Phi) is 3.88. The van der Waals surface area contributed by atoms with Gasteiger partial charge < -0.3 is 10.8 Å². The Balaban J connectivity index is 3.20. The van der Waals surface area contributed by atoms with E-state index in [0.717, 1.165) is 6.08 Å². The van der Waals surface area contributed by atoms with Crippen LogP contribution < -0.4 is 5.73 Å². The summed E-state index contributed by atoms with van der Waals surface area (Å²) in [6.07, 6.45) is 3.25. The highest BCUT2D eigenvalue weighted by Gasteiger charge is 1.81. The molecule has 8 heavy (non-hydrogen) atoms. The molecule has 0 fully saturated rings. The predicted octanol–water partition coefficient (Wildman–Crippen LogP) is -0.0240. The van der Waals surface area contributed by atoms with Crippen LogP contribution in [-0.2, 0) is 4.79 Å². The van der Waals surface area contributed by atoms with Gasteiger partial charge in [-0.25, -0.2) is 4.79 Å². The standard InChI is InChI=1S/C5H9NO2/c6-4-2-1-3-5(7)8/h1,3H,2,4,6H2,(H,7,8)/b3-1+. The lowest BCUT2D eigenvalue weighted by Gasteiger charge is -1.80. The molecule has 3 N–H and O–H groups in total. The van der Waals surface area contributed by atoms with Gasteiger partial charge in [0.25, 0.3) is 0 Å². The van der Waals surface area contributed by atoms with Crippen molar-refractivity contribution in [3.63, 3.8) is 0 Å². The second-order valence-corrected chi connectivity index (χ2v) is 1.32. The Bertz CT molecular complexity index is 98.6. The lowest BCUT2D eigenvalue weighted by Crippen LogP contribution is -1.96. The third-order valence-corrected chi connectivity index (χ3v) is 0.594. The molecule has 0 unspecified atom stereocenters. The van der Waals surface area contributed by atoms with Gasteiger partial charge in [0.1, 0.15) is 0 Å². The minimum absolute atomic E-state index is 0.504. The summed E-state index contributed by atoms with van der Waals surface area (Å²) < 4.78 is 0. The molecule has 0 aromatic heterocycles. The fourth-order valence-corrected chi connectivity index (χ4v) is 0.280. The van der Waals surface area contributed by atoms with Gasteiger partial charge in [-0.15, -0.1) is 0 Å². The predicted molar refractivity (Wildman–Crippen MR) is 30.4 cm³/mol. The third-order valence-electron chi connectivity index (χ3n) is 0.594. The molecule has 0 spiro atoms. The first-order valence-corrected chi connectivity index (χ1v) is 2.37. The van der Waals surface area contributed by atoms with Crippen LogP contribution in [-0.4, -0.2) is 17.6 Å². The number of carboxylic acids is 1. The van der Waals surface area contributed by atoms with E-state index in [-0.39, 0.29) is 0 Å². The highest BCUT2D eigenvalue weighted by molar-refractivity contribution is 5.79. The molecule has 0 aromatic carbocycles. The molecule has 0 atom stereocenters. The SMILES string of the molecule is NCC/C=C/C(=O)O. The van der Waals surface area contributed by atoms with E-state index in [0.29, 0.717) is 13.0 Å². The topological polar surface area (TPSA) is 63.3 Å². The van der Waals surface area contributed by atoms with E-state index >= 15 is 0 Å². The van der Waals surface area contributed by atoms with E-state index in [1.165, 1.54) is 6.08 Å². The fourth-order valence-electron chi connectivity index (χ4n) is 0.280. The molecule has 0 aliphatic heterocycles. The molecule has 0 aliphatic rings. The van der Waals surface area contributed by atoms with Crippen molar-refractivity contribution in [1.29, 1.82) is 0 Å². The van der Waals surface area contributed by atoms with Crippen LogP contribution in [0.2, 0.25) is 0 Å². The maximum atomic E-state index is 9.75. The number of nitrogens with two attached hydrogens (primary N) is 1. The largest absolute Gasteiger partial charge is 0.478 e. The summed E-state index contributed by atoms with van der Waals surface area (Å²) in [5.74, 6) is -0.918. The van der Waals surface area contributed by atoms with Crippen LogP contribution in [0.1, 0.15) is 6.42 Å². The maximum Gasteiger partial charge on any atom is 0.327 e. The van der Waals surface area contributed by atoms with Crippen molar-refractivity contribution in [3.8, 4) is 0 Å². The van der Waals surface area contributed by atoms with Crippen LogP contribution in [0.15, 0.2) is 12.2 Å². The number of rotatable bonds is 3. The summed E-state index contributed by atoms with van der Waals surface area (Å²) in [5.41, 5.74) is 5.07. The monoisotopic (exact) mass is 115 g/mol. The molecule has 0 saturated carbocycles. The molecule has 46 valence electrons. The zero-order valence-electron chi connectivity index (χ0n) is 4.50. The van der Waals surface area contributed by atoms with Crippen LogP contribution in [0.3, 0.4) is 0 Å².